The highest BCUT2D eigenvalue weighted by atomic mass is 32.1. The molecule has 2 aliphatic rings. The number of likely N-dealkylation sites (tertiary alicyclic amines) is 1. The van der Waals surface area contributed by atoms with E-state index >= 15 is 0 Å². The molecule has 2 N–H and O–H groups in total. The zero-order valence-corrected chi connectivity index (χ0v) is 22.4. The Labute approximate surface area is 214 Å². The molecule has 0 bridgehead atoms. The molecule has 2 fully saturated rings. The number of ether oxygens (including phenoxy) is 1. The summed E-state index contributed by atoms with van der Waals surface area (Å²) < 4.78 is 5.27. The predicted molar refractivity (Wildman–Crippen MR) is 143 cm³/mol. The van der Waals surface area contributed by atoms with Crippen LogP contribution in [0.5, 0.6) is 5.75 Å². The minimum Gasteiger partial charge on any atom is -0.497 e. The second kappa shape index (κ2) is 11.4. The van der Waals surface area contributed by atoms with Crippen molar-refractivity contribution in [3.63, 3.8) is 0 Å². The molecule has 1 spiro atoms. The van der Waals surface area contributed by atoms with Crippen molar-refractivity contribution >= 4 is 17.2 Å². The SMILES string of the molecule is CCCCN1C(O)C(CC(C)C)NC(=O)C12CCN(Cc1ccc(-c3ccc(OC)cc3)s1)CC2. The summed E-state index contributed by atoms with van der Waals surface area (Å²) in [5.74, 6) is 1.41. The Morgan fingerprint density at radius 2 is 1.89 bits per heavy atom. The fourth-order valence-electron chi connectivity index (χ4n) is 5.53. The standard InChI is InChI=1S/C28H41N3O3S/c1-5-6-15-31-26(32)24(18-20(2)3)29-27(33)28(31)13-16-30(17-14-28)19-23-11-12-25(35-23)21-7-9-22(34-4)10-8-21/h7-12,20,24,26,32H,5-6,13-19H2,1-4H3,(H,29,33). The number of aliphatic hydroxyl groups excluding tert-OH is 1. The second-order valence-corrected chi connectivity index (χ2v) is 11.6. The van der Waals surface area contributed by atoms with Gasteiger partial charge in [-0.3, -0.25) is 14.6 Å². The molecule has 6 nitrogen and oxygen atoms in total. The second-order valence-electron chi connectivity index (χ2n) is 10.5. The Morgan fingerprint density at radius 3 is 2.51 bits per heavy atom. The molecule has 7 heteroatoms. The number of piperazine rings is 1. The van der Waals surface area contributed by atoms with Gasteiger partial charge < -0.3 is 15.2 Å². The Kier molecular flexibility index (Phi) is 8.53. The van der Waals surface area contributed by atoms with Gasteiger partial charge in [-0.1, -0.05) is 27.2 Å². The van der Waals surface area contributed by atoms with E-state index < -0.39 is 11.8 Å². The van der Waals surface area contributed by atoms with Crippen molar-refractivity contribution < 1.29 is 14.6 Å². The molecule has 2 aliphatic heterocycles. The fourth-order valence-corrected chi connectivity index (χ4v) is 6.59. The van der Waals surface area contributed by atoms with E-state index in [9.17, 15) is 9.90 Å². The van der Waals surface area contributed by atoms with Gasteiger partial charge in [0.2, 0.25) is 5.91 Å². The van der Waals surface area contributed by atoms with Gasteiger partial charge in [0.15, 0.2) is 0 Å². The highest BCUT2D eigenvalue weighted by Gasteiger charge is 2.53. The maximum absolute atomic E-state index is 13.5. The minimum atomic E-state index is -0.613. The van der Waals surface area contributed by atoms with Crippen molar-refractivity contribution in [2.45, 2.75) is 77.2 Å². The van der Waals surface area contributed by atoms with Crippen LogP contribution in [0, 0.1) is 5.92 Å². The van der Waals surface area contributed by atoms with Crippen LogP contribution in [0.15, 0.2) is 36.4 Å². The van der Waals surface area contributed by atoms with Crippen molar-refractivity contribution in [2.24, 2.45) is 5.92 Å². The van der Waals surface area contributed by atoms with Crippen LogP contribution in [-0.2, 0) is 11.3 Å². The van der Waals surface area contributed by atoms with E-state index in [0.717, 1.165) is 64.0 Å². The molecule has 2 saturated heterocycles. The van der Waals surface area contributed by atoms with Gasteiger partial charge in [-0.2, -0.15) is 0 Å². The lowest BCUT2D eigenvalue weighted by Gasteiger charge is -2.54. The highest BCUT2D eigenvalue weighted by molar-refractivity contribution is 7.15. The predicted octanol–water partition coefficient (Wildman–Crippen LogP) is 4.72. The maximum Gasteiger partial charge on any atom is 0.241 e. The first kappa shape index (κ1) is 26.1. The molecular weight excluding hydrogens is 458 g/mol. The quantitative estimate of drug-likeness (QED) is 0.523. The van der Waals surface area contributed by atoms with Gasteiger partial charge in [-0.05, 0) is 73.6 Å². The van der Waals surface area contributed by atoms with E-state index in [4.69, 9.17) is 4.74 Å². The largest absolute Gasteiger partial charge is 0.497 e. The number of hydrogen-bond donors (Lipinski definition) is 2. The summed E-state index contributed by atoms with van der Waals surface area (Å²) in [5, 5.41) is 14.5. The number of nitrogens with one attached hydrogen (secondary N) is 1. The number of amides is 1. The van der Waals surface area contributed by atoms with Crippen LogP contribution >= 0.6 is 11.3 Å². The van der Waals surface area contributed by atoms with Gasteiger partial charge in [-0.15, -0.1) is 11.3 Å². The third-order valence-corrected chi connectivity index (χ3v) is 8.66. The van der Waals surface area contributed by atoms with Crippen LogP contribution in [0.25, 0.3) is 10.4 Å². The Bertz CT molecular complexity index is 966. The third kappa shape index (κ3) is 5.74. The summed E-state index contributed by atoms with van der Waals surface area (Å²) in [7, 11) is 1.69. The molecule has 1 aromatic carbocycles. The number of unbranched alkanes of at least 4 members (excludes halogenated alkanes) is 1. The number of thiophene rings is 1. The number of methoxy groups -OCH3 is 1. The minimum absolute atomic E-state index is 0.113. The molecule has 0 radical (unpaired) electrons. The summed E-state index contributed by atoms with van der Waals surface area (Å²) in [4.78, 5) is 20.7. The van der Waals surface area contributed by atoms with Gasteiger partial charge in [0.25, 0.3) is 0 Å². The number of rotatable bonds is 9. The molecule has 0 saturated carbocycles. The van der Waals surface area contributed by atoms with E-state index in [1.165, 1.54) is 15.3 Å². The molecule has 1 amide bonds. The molecule has 4 rings (SSSR count). The highest BCUT2D eigenvalue weighted by Crippen LogP contribution is 2.37. The first-order chi connectivity index (χ1) is 16.9. The van der Waals surface area contributed by atoms with Crippen LogP contribution in [0.2, 0.25) is 0 Å². The molecule has 35 heavy (non-hydrogen) atoms. The normalized spacial score (nSPS) is 23.1. The Balaban J connectivity index is 1.41. The molecule has 2 atom stereocenters. The number of aliphatic hydroxyl groups is 1. The van der Waals surface area contributed by atoms with Crippen molar-refractivity contribution in [3.05, 3.63) is 41.3 Å². The van der Waals surface area contributed by atoms with Gasteiger partial charge in [0.05, 0.1) is 13.2 Å². The number of hydrogen-bond acceptors (Lipinski definition) is 6. The van der Waals surface area contributed by atoms with Crippen LogP contribution < -0.4 is 10.1 Å². The monoisotopic (exact) mass is 499 g/mol. The topological polar surface area (TPSA) is 65.0 Å². The molecule has 2 aromatic rings. The van der Waals surface area contributed by atoms with Crippen LogP contribution in [0.4, 0.5) is 0 Å². The van der Waals surface area contributed by atoms with Crippen LogP contribution in [-0.4, -0.2) is 65.4 Å². The average Bonchev–Trinajstić information content (AvgIpc) is 3.32. The van der Waals surface area contributed by atoms with E-state index in [2.05, 4.69) is 60.2 Å². The molecule has 0 aliphatic carbocycles. The number of carbonyl (C=O) groups is 1. The van der Waals surface area contributed by atoms with Gasteiger partial charge >= 0.3 is 0 Å². The molecular formula is C28H41N3O3S. The van der Waals surface area contributed by atoms with E-state index in [1.807, 2.05) is 23.5 Å². The summed E-state index contributed by atoms with van der Waals surface area (Å²) in [6.07, 6.45) is 3.74. The molecule has 1 aromatic heterocycles. The molecule has 2 unspecified atom stereocenters. The van der Waals surface area contributed by atoms with Gasteiger partial charge in [0, 0.05) is 35.9 Å². The zero-order valence-electron chi connectivity index (χ0n) is 21.6. The number of nitrogens with zero attached hydrogens (tertiary/aromatic N) is 2. The van der Waals surface area contributed by atoms with Crippen molar-refractivity contribution in [1.82, 2.24) is 15.1 Å². The Hall–Kier alpha value is -1.93. The molecule has 192 valence electrons. The first-order valence-corrected chi connectivity index (χ1v) is 13.9. The van der Waals surface area contributed by atoms with E-state index in [-0.39, 0.29) is 11.9 Å². The average molecular weight is 500 g/mol. The maximum atomic E-state index is 13.5. The van der Waals surface area contributed by atoms with Crippen molar-refractivity contribution in [2.75, 3.05) is 26.7 Å². The van der Waals surface area contributed by atoms with Gasteiger partial charge in [0.1, 0.15) is 17.5 Å². The lowest BCUT2D eigenvalue weighted by molar-refractivity contribution is -0.171. The van der Waals surface area contributed by atoms with Crippen molar-refractivity contribution in [3.8, 4) is 16.2 Å². The summed E-state index contributed by atoms with van der Waals surface area (Å²) in [6, 6.07) is 12.4. The smallest absolute Gasteiger partial charge is 0.241 e. The lowest BCUT2D eigenvalue weighted by Crippen LogP contribution is -2.74. The van der Waals surface area contributed by atoms with E-state index in [1.54, 1.807) is 7.11 Å². The van der Waals surface area contributed by atoms with Gasteiger partial charge in [-0.25, -0.2) is 0 Å². The summed E-state index contributed by atoms with van der Waals surface area (Å²) in [6.45, 7) is 9.83. The number of carbonyl (C=O) groups excluding carboxylic acids is 1. The third-order valence-electron chi connectivity index (χ3n) is 7.54. The van der Waals surface area contributed by atoms with Crippen molar-refractivity contribution in [1.29, 1.82) is 0 Å². The zero-order chi connectivity index (χ0) is 25.0. The van der Waals surface area contributed by atoms with Crippen LogP contribution in [0.1, 0.15) is 57.8 Å². The Morgan fingerprint density at radius 1 is 1.17 bits per heavy atom. The lowest BCUT2D eigenvalue weighted by atomic mass is 9.80. The number of piperidine rings is 1. The fraction of sp³-hybridized carbons (Fsp3) is 0.607. The first-order valence-electron chi connectivity index (χ1n) is 13.1. The summed E-state index contributed by atoms with van der Waals surface area (Å²) >= 11 is 1.83. The number of benzene rings is 1. The van der Waals surface area contributed by atoms with E-state index in [0.29, 0.717) is 5.92 Å². The van der Waals surface area contributed by atoms with Crippen LogP contribution in [0.3, 0.4) is 0 Å². The molecule has 3 heterocycles. The summed E-state index contributed by atoms with van der Waals surface area (Å²) in [5.41, 5.74) is 0.609.